The minimum absolute atomic E-state index is 0.464. The van der Waals surface area contributed by atoms with Gasteiger partial charge in [-0.15, -0.1) is 0 Å². The van der Waals surface area contributed by atoms with E-state index in [2.05, 4.69) is 64.2 Å². The maximum Gasteiger partial charge on any atom is 0.0294 e. The van der Waals surface area contributed by atoms with Gasteiger partial charge in [-0.2, -0.15) is 0 Å². The number of nitrogens with one attached hydrogen (secondary N) is 1. The molecule has 1 N–H and O–H groups in total. The zero-order valence-electron chi connectivity index (χ0n) is 14.6. The predicted octanol–water partition coefficient (Wildman–Crippen LogP) is 5.50. The monoisotopic (exact) mass is 287 g/mol. The normalized spacial score (nSPS) is 24.8. The maximum atomic E-state index is 3.76. The van der Waals surface area contributed by atoms with Crippen LogP contribution in [0.1, 0.15) is 70.5 Å². The summed E-state index contributed by atoms with van der Waals surface area (Å²) in [7, 11) is 0. The minimum atomic E-state index is 0.464. The third-order valence-corrected chi connectivity index (χ3v) is 5.44. The van der Waals surface area contributed by atoms with Gasteiger partial charge in [0, 0.05) is 6.04 Å². The molecule has 2 rings (SSSR count). The summed E-state index contributed by atoms with van der Waals surface area (Å²) in [5.74, 6) is 1.79. The van der Waals surface area contributed by atoms with Gasteiger partial charge >= 0.3 is 0 Å². The summed E-state index contributed by atoms with van der Waals surface area (Å²) in [5.41, 5.74) is 3.34. The molecule has 0 saturated heterocycles. The molecule has 0 radical (unpaired) electrons. The molecule has 1 aromatic rings. The van der Waals surface area contributed by atoms with Crippen LogP contribution in [0, 0.1) is 24.2 Å². The van der Waals surface area contributed by atoms with E-state index in [0.717, 1.165) is 11.8 Å². The van der Waals surface area contributed by atoms with E-state index in [1.807, 2.05) is 0 Å². The molecule has 0 unspecified atom stereocenters. The molecule has 1 aromatic carbocycles. The molecule has 0 bridgehead atoms. The summed E-state index contributed by atoms with van der Waals surface area (Å²) in [4.78, 5) is 0. The fourth-order valence-electron chi connectivity index (χ4n) is 3.76. The van der Waals surface area contributed by atoms with Gasteiger partial charge in [0.25, 0.3) is 0 Å². The van der Waals surface area contributed by atoms with Gasteiger partial charge in [0.05, 0.1) is 0 Å². The third kappa shape index (κ3) is 4.57. The summed E-state index contributed by atoms with van der Waals surface area (Å²) in [6.45, 7) is 12.9. The Morgan fingerprint density at radius 3 is 2.29 bits per heavy atom. The van der Waals surface area contributed by atoms with Crippen molar-refractivity contribution in [2.24, 2.45) is 17.3 Å². The Kier molecular flexibility index (Phi) is 5.48. The summed E-state index contributed by atoms with van der Waals surface area (Å²) in [6, 6.07) is 9.20. The Labute approximate surface area is 131 Å². The number of hydrogen-bond acceptors (Lipinski definition) is 1. The highest BCUT2D eigenvalue weighted by atomic mass is 14.9. The molecule has 21 heavy (non-hydrogen) atoms. The quantitative estimate of drug-likeness (QED) is 0.771. The lowest BCUT2D eigenvalue weighted by atomic mass is 9.70. The van der Waals surface area contributed by atoms with Gasteiger partial charge < -0.3 is 5.32 Å². The van der Waals surface area contributed by atoms with E-state index >= 15 is 0 Å². The molecular formula is C20H33N. The summed E-state index contributed by atoms with van der Waals surface area (Å²) in [6.07, 6.45) is 5.62. The van der Waals surface area contributed by atoms with Crippen molar-refractivity contribution in [1.29, 1.82) is 0 Å². The van der Waals surface area contributed by atoms with Gasteiger partial charge in [0.15, 0.2) is 0 Å². The van der Waals surface area contributed by atoms with Crippen molar-refractivity contribution in [3.63, 3.8) is 0 Å². The Bertz CT molecular complexity index is 435. The molecule has 0 amide bonds. The van der Waals surface area contributed by atoms with Gasteiger partial charge in [-0.05, 0) is 74.5 Å². The average molecular weight is 287 g/mol. The molecule has 1 aliphatic carbocycles. The second-order valence-corrected chi connectivity index (χ2v) is 8.07. The Morgan fingerprint density at radius 1 is 1.10 bits per heavy atom. The van der Waals surface area contributed by atoms with Crippen molar-refractivity contribution in [1.82, 2.24) is 5.32 Å². The van der Waals surface area contributed by atoms with Crippen molar-refractivity contribution < 1.29 is 0 Å². The lowest BCUT2D eigenvalue weighted by Gasteiger charge is -2.37. The van der Waals surface area contributed by atoms with Crippen LogP contribution >= 0.6 is 0 Å². The lowest BCUT2D eigenvalue weighted by Crippen LogP contribution is -2.31. The topological polar surface area (TPSA) is 12.0 Å². The molecular weight excluding hydrogens is 254 g/mol. The van der Waals surface area contributed by atoms with Crippen LogP contribution in [0.15, 0.2) is 24.3 Å². The lowest BCUT2D eigenvalue weighted by molar-refractivity contribution is 0.148. The minimum Gasteiger partial charge on any atom is -0.310 e. The zero-order chi connectivity index (χ0) is 15.5. The first kappa shape index (κ1) is 16.5. The van der Waals surface area contributed by atoms with Crippen LogP contribution in [0.25, 0.3) is 0 Å². The first-order valence-electron chi connectivity index (χ1n) is 8.67. The molecule has 1 fully saturated rings. The molecule has 1 atom stereocenters. The second kappa shape index (κ2) is 6.96. The van der Waals surface area contributed by atoms with Crippen LogP contribution in [0.5, 0.6) is 0 Å². The maximum absolute atomic E-state index is 3.76. The van der Waals surface area contributed by atoms with Crippen LogP contribution in [0.2, 0.25) is 0 Å². The van der Waals surface area contributed by atoms with Crippen molar-refractivity contribution in [3.8, 4) is 0 Å². The highest BCUT2D eigenvalue weighted by Gasteiger charge is 2.29. The van der Waals surface area contributed by atoms with Gasteiger partial charge in [-0.3, -0.25) is 0 Å². The fraction of sp³-hybridized carbons (Fsp3) is 0.700. The second-order valence-electron chi connectivity index (χ2n) is 8.07. The Hall–Kier alpha value is -0.820. The molecule has 1 saturated carbocycles. The van der Waals surface area contributed by atoms with Crippen LogP contribution < -0.4 is 5.32 Å². The SMILES string of the molecule is Cc1ccccc1[C@H](C)NCC1CCC(C(C)(C)C)CC1. The molecule has 0 aromatic heterocycles. The molecule has 0 spiro atoms. The summed E-state index contributed by atoms with van der Waals surface area (Å²) in [5, 5.41) is 3.76. The summed E-state index contributed by atoms with van der Waals surface area (Å²) >= 11 is 0. The molecule has 1 nitrogen and oxygen atoms in total. The predicted molar refractivity (Wildman–Crippen MR) is 92.5 cm³/mol. The smallest absolute Gasteiger partial charge is 0.0294 e. The highest BCUT2D eigenvalue weighted by Crippen LogP contribution is 2.39. The Morgan fingerprint density at radius 2 is 1.71 bits per heavy atom. The van der Waals surface area contributed by atoms with Crippen molar-refractivity contribution >= 4 is 0 Å². The van der Waals surface area contributed by atoms with E-state index in [9.17, 15) is 0 Å². The fourth-order valence-corrected chi connectivity index (χ4v) is 3.76. The average Bonchev–Trinajstić information content (AvgIpc) is 2.45. The standard InChI is InChI=1S/C20H33N/c1-15-8-6-7-9-19(15)16(2)21-14-17-10-12-18(13-11-17)20(3,4)5/h6-9,16-18,21H,10-14H2,1-5H3/t16-,17?,18?/m0/s1. The van der Waals surface area contributed by atoms with E-state index < -0.39 is 0 Å². The first-order chi connectivity index (χ1) is 9.88. The van der Waals surface area contributed by atoms with E-state index in [1.54, 1.807) is 0 Å². The molecule has 1 aliphatic rings. The number of benzene rings is 1. The van der Waals surface area contributed by atoms with Gasteiger partial charge in [-0.1, -0.05) is 45.0 Å². The van der Waals surface area contributed by atoms with Crippen LogP contribution in [-0.4, -0.2) is 6.54 Å². The van der Waals surface area contributed by atoms with Crippen LogP contribution in [-0.2, 0) is 0 Å². The van der Waals surface area contributed by atoms with E-state index in [-0.39, 0.29) is 0 Å². The van der Waals surface area contributed by atoms with Crippen LogP contribution in [0.3, 0.4) is 0 Å². The van der Waals surface area contributed by atoms with Crippen molar-refractivity contribution in [2.45, 2.75) is 66.3 Å². The van der Waals surface area contributed by atoms with E-state index in [0.29, 0.717) is 11.5 Å². The van der Waals surface area contributed by atoms with Crippen molar-refractivity contribution in [3.05, 3.63) is 35.4 Å². The van der Waals surface area contributed by atoms with Crippen LogP contribution in [0.4, 0.5) is 0 Å². The van der Waals surface area contributed by atoms with Gasteiger partial charge in [-0.25, -0.2) is 0 Å². The van der Waals surface area contributed by atoms with E-state index in [4.69, 9.17) is 0 Å². The Balaban J connectivity index is 1.79. The number of rotatable bonds is 4. The molecule has 0 heterocycles. The molecule has 118 valence electrons. The summed E-state index contributed by atoms with van der Waals surface area (Å²) < 4.78 is 0. The number of aryl methyl sites for hydroxylation is 1. The first-order valence-corrected chi connectivity index (χ1v) is 8.67. The molecule has 1 heteroatoms. The zero-order valence-corrected chi connectivity index (χ0v) is 14.6. The number of hydrogen-bond donors (Lipinski definition) is 1. The highest BCUT2D eigenvalue weighted by molar-refractivity contribution is 5.28. The van der Waals surface area contributed by atoms with E-state index in [1.165, 1.54) is 43.4 Å². The third-order valence-electron chi connectivity index (χ3n) is 5.44. The van der Waals surface area contributed by atoms with Gasteiger partial charge in [0.2, 0.25) is 0 Å². The van der Waals surface area contributed by atoms with Gasteiger partial charge in [0.1, 0.15) is 0 Å². The largest absolute Gasteiger partial charge is 0.310 e. The molecule has 0 aliphatic heterocycles. The van der Waals surface area contributed by atoms with Crippen molar-refractivity contribution in [2.75, 3.05) is 6.54 Å².